The Bertz CT molecular complexity index is 1310. The van der Waals surface area contributed by atoms with Gasteiger partial charge in [-0.2, -0.15) is 0 Å². The first-order valence-corrected chi connectivity index (χ1v) is 10.5. The Morgan fingerprint density at radius 2 is 1.97 bits per heavy atom. The Morgan fingerprint density at radius 3 is 2.72 bits per heavy atom. The highest BCUT2D eigenvalue weighted by Gasteiger charge is 2.41. The lowest BCUT2D eigenvalue weighted by Crippen LogP contribution is -2.53. The van der Waals surface area contributed by atoms with Crippen LogP contribution in [0.3, 0.4) is 0 Å². The van der Waals surface area contributed by atoms with E-state index in [4.69, 9.17) is 10.7 Å². The van der Waals surface area contributed by atoms with Gasteiger partial charge in [-0.3, -0.25) is 4.79 Å². The molecule has 9 heteroatoms. The summed E-state index contributed by atoms with van der Waals surface area (Å²) in [4.78, 5) is 23.5. The molecular weight excluding hydrogens is 409 g/mol. The molecule has 4 heterocycles. The van der Waals surface area contributed by atoms with E-state index in [9.17, 15) is 9.18 Å². The topological polar surface area (TPSA) is 93.5 Å². The summed E-state index contributed by atoms with van der Waals surface area (Å²) in [7, 11) is 0. The maximum Gasteiger partial charge on any atom is 0.237 e. The molecule has 0 saturated carbocycles. The summed E-state index contributed by atoms with van der Waals surface area (Å²) in [5, 5.41) is 3.50. The molecule has 1 aromatic carbocycles. The lowest BCUT2D eigenvalue weighted by atomic mass is 9.99. The van der Waals surface area contributed by atoms with Gasteiger partial charge in [0.05, 0.1) is 17.8 Å². The predicted molar refractivity (Wildman–Crippen MR) is 120 cm³/mol. The molecular formula is C23H24FN7O. The summed E-state index contributed by atoms with van der Waals surface area (Å²) < 4.78 is 17.6. The first kappa shape index (κ1) is 20.2. The molecule has 0 spiro atoms. The second kappa shape index (κ2) is 7.45. The van der Waals surface area contributed by atoms with E-state index < -0.39 is 5.54 Å². The van der Waals surface area contributed by atoms with E-state index in [1.165, 1.54) is 12.1 Å². The molecule has 0 atom stereocenters. The van der Waals surface area contributed by atoms with Crippen molar-refractivity contribution in [2.45, 2.75) is 25.9 Å². The molecule has 164 valence electrons. The Balaban J connectivity index is 1.65. The number of halogens is 1. The molecule has 0 aliphatic carbocycles. The minimum atomic E-state index is -0.655. The first-order chi connectivity index (χ1) is 15.4. The number of carbonyl (C=O) groups is 1. The van der Waals surface area contributed by atoms with Gasteiger partial charge in [0.15, 0.2) is 0 Å². The highest BCUT2D eigenvalue weighted by atomic mass is 19.1. The summed E-state index contributed by atoms with van der Waals surface area (Å²) >= 11 is 0. The molecule has 32 heavy (non-hydrogen) atoms. The largest absolute Gasteiger partial charge is 0.339 e. The predicted octanol–water partition coefficient (Wildman–Crippen LogP) is 3.12. The number of aromatic nitrogens is 4. The van der Waals surface area contributed by atoms with Crippen LogP contribution < -0.4 is 11.1 Å². The number of nitrogens with one attached hydrogen (secondary N) is 1. The van der Waals surface area contributed by atoms with Crippen molar-refractivity contribution in [3.63, 3.8) is 0 Å². The van der Waals surface area contributed by atoms with Crippen LogP contribution in [0.5, 0.6) is 0 Å². The van der Waals surface area contributed by atoms with E-state index >= 15 is 0 Å². The molecule has 0 saturated heterocycles. The van der Waals surface area contributed by atoms with Gasteiger partial charge in [-0.1, -0.05) is 0 Å². The van der Waals surface area contributed by atoms with Gasteiger partial charge in [0, 0.05) is 37.2 Å². The fourth-order valence-corrected chi connectivity index (χ4v) is 4.35. The fourth-order valence-electron chi connectivity index (χ4n) is 4.35. The average molecular weight is 433 g/mol. The first-order valence-electron chi connectivity index (χ1n) is 10.5. The SMILES string of the molecule is CC1(C)c2nc(-c3ccc(F)cc3)c(Nc3ccc4nccn4c3)n2CCN1C(=O)CN. The number of carbonyl (C=O) groups excluding carboxylic acids is 1. The van der Waals surface area contributed by atoms with Crippen molar-refractivity contribution in [1.29, 1.82) is 0 Å². The zero-order chi connectivity index (χ0) is 22.5. The summed E-state index contributed by atoms with van der Waals surface area (Å²) in [6.07, 6.45) is 5.58. The lowest BCUT2D eigenvalue weighted by Gasteiger charge is -2.42. The van der Waals surface area contributed by atoms with Crippen LogP contribution in [0, 0.1) is 5.82 Å². The summed E-state index contributed by atoms with van der Waals surface area (Å²) in [5.41, 5.74) is 8.18. The zero-order valence-electron chi connectivity index (χ0n) is 17.9. The average Bonchev–Trinajstić information content (AvgIpc) is 3.39. The number of imidazole rings is 2. The fraction of sp³-hybridized carbons (Fsp3) is 0.261. The van der Waals surface area contributed by atoms with E-state index in [0.29, 0.717) is 18.8 Å². The van der Waals surface area contributed by atoms with Crippen LogP contribution in [-0.4, -0.2) is 42.8 Å². The molecule has 1 amide bonds. The molecule has 0 radical (unpaired) electrons. The maximum absolute atomic E-state index is 13.6. The number of nitrogens with zero attached hydrogens (tertiary/aromatic N) is 5. The molecule has 8 nitrogen and oxygen atoms in total. The lowest BCUT2D eigenvalue weighted by molar-refractivity contribution is -0.137. The van der Waals surface area contributed by atoms with Crippen molar-refractivity contribution in [2.75, 3.05) is 18.4 Å². The summed E-state index contributed by atoms with van der Waals surface area (Å²) in [6.45, 7) is 4.96. The zero-order valence-corrected chi connectivity index (χ0v) is 17.9. The smallest absolute Gasteiger partial charge is 0.237 e. The number of pyridine rings is 1. The van der Waals surface area contributed by atoms with Crippen molar-refractivity contribution in [1.82, 2.24) is 23.8 Å². The van der Waals surface area contributed by atoms with Crippen LogP contribution in [0.15, 0.2) is 55.0 Å². The molecule has 5 rings (SSSR count). The van der Waals surface area contributed by atoms with Crippen molar-refractivity contribution >= 4 is 23.1 Å². The second-order valence-corrected chi connectivity index (χ2v) is 8.34. The van der Waals surface area contributed by atoms with Gasteiger partial charge in [-0.25, -0.2) is 14.4 Å². The third-order valence-corrected chi connectivity index (χ3v) is 5.98. The number of rotatable bonds is 4. The molecule has 0 unspecified atom stereocenters. The number of amides is 1. The van der Waals surface area contributed by atoms with Gasteiger partial charge >= 0.3 is 0 Å². The van der Waals surface area contributed by atoms with E-state index in [0.717, 1.165) is 28.5 Å². The molecule has 1 aliphatic heterocycles. The molecule has 3 aromatic heterocycles. The van der Waals surface area contributed by atoms with E-state index in [-0.39, 0.29) is 18.3 Å². The summed E-state index contributed by atoms with van der Waals surface area (Å²) in [5.74, 6) is 1.11. The number of hydrogen-bond acceptors (Lipinski definition) is 5. The Labute approximate surface area is 184 Å². The highest BCUT2D eigenvalue weighted by Crippen LogP contribution is 2.39. The summed E-state index contributed by atoms with van der Waals surface area (Å²) in [6, 6.07) is 10.1. The van der Waals surface area contributed by atoms with Crippen molar-refractivity contribution in [3.8, 4) is 11.3 Å². The Morgan fingerprint density at radius 1 is 1.19 bits per heavy atom. The van der Waals surface area contributed by atoms with Crippen LogP contribution in [0.2, 0.25) is 0 Å². The molecule has 0 fully saturated rings. The third-order valence-electron chi connectivity index (χ3n) is 5.98. The van der Waals surface area contributed by atoms with Crippen molar-refractivity contribution in [2.24, 2.45) is 5.73 Å². The normalized spacial score (nSPS) is 15.1. The van der Waals surface area contributed by atoms with Crippen LogP contribution >= 0.6 is 0 Å². The van der Waals surface area contributed by atoms with Crippen LogP contribution in [0.4, 0.5) is 15.9 Å². The van der Waals surface area contributed by atoms with Gasteiger partial charge in [0.25, 0.3) is 0 Å². The number of fused-ring (bicyclic) bond motifs is 2. The number of anilines is 2. The van der Waals surface area contributed by atoms with Crippen LogP contribution in [-0.2, 0) is 16.9 Å². The standard InChI is InChI=1S/C23H24FN7O/c1-23(2)22-28-20(15-3-5-16(24)6-4-15)21(30(22)11-12-31(23)19(32)13-25)27-17-7-8-18-26-9-10-29(18)14-17/h3-10,14,27H,11-13,25H2,1-2H3. The number of nitrogens with two attached hydrogens (primary N) is 1. The van der Waals surface area contributed by atoms with E-state index in [1.54, 1.807) is 23.2 Å². The molecule has 1 aliphatic rings. The minimum Gasteiger partial charge on any atom is -0.339 e. The van der Waals surface area contributed by atoms with Crippen LogP contribution in [0.25, 0.3) is 16.9 Å². The van der Waals surface area contributed by atoms with Crippen molar-refractivity contribution < 1.29 is 9.18 Å². The van der Waals surface area contributed by atoms with Gasteiger partial charge in [0.2, 0.25) is 5.91 Å². The highest BCUT2D eigenvalue weighted by molar-refractivity contribution is 5.80. The maximum atomic E-state index is 13.6. The third kappa shape index (κ3) is 3.21. The minimum absolute atomic E-state index is 0.0506. The molecule has 3 N–H and O–H groups in total. The van der Waals surface area contributed by atoms with Gasteiger partial charge in [-0.05, 0) is 50.2 Å². The number of hydrogen-bond donors (Lipinski definition) is 2. The van der Waals surface area contributed by atoms with Gasteiger partial charge in [-0.15, -0.1) is 0 Å². The quantitative estimate of drug-likeness (QED) is 0.516. The molecule has 0 bridgehead atoms. The van der Waals surface area contributed by atoms with E-state index in [1.807, 2.05) is 42.8 Å². The van der Waals surface area contributed by atoms with Crippen LogP contribution in [0.1, 0.15) is 19.7 Å². The Hall–Kier alpha value is -3.72. The van der Waals surface area contributed by atoms with Crippen molar-refractivity contribution in [3.05, 3.63) is 66.6 Å². The second-order valence-electron chi connectivity index (χ2n) is 8.34. The van der Waals surface area contributed by atoms with Gasteiger partial charge < -0.3 is 24.9 Å². The Kier molecular flexibility index (Phi) is 4.70. The van der Waals surface area contributed by atoms with E-state index in [2.05, 4.69) is 14.9 Å². The van der Waals surface area contributed by atoms with Gasteiger partial charge in [0.1, 0.15) is 28.8 Å². The number of benzene rings is 1. The molecule has 4 aromatic rings. The monoisotopic (exact) mass is 433 g/mol.